The lowest BCUT2D eigenvalue weighted by molar-refractivity contribution is 0.517. The predicted octanol–water partition coefficient (Wildman–Crippen LogP) is 0.0897. The molecule has 0 fully saturated rings. The fourth-order valence-corrected chi connectivity index (χ4v) is 0. The largest absolute Gasteiger partial charge is 0.271 e. The van der Waals surface area contributed by atoms with Crippen LogP contribution in [0.25, 0.3) is 0 Å². The Kier molecular flexibility index (Phi) is 2.43. The summed E-state index contributed by atoms with van der Waals surface area (Å²) in [5.74, 6) is 0. The second-order valence-corrected chi connectivity index (χ2v) is 2.27. The van der Waals surface area contributed by atoms with Crippen LogP contribution in [0, 0.1) is 0 Å². The summed E-state index contributed by atoms with van der Waals surface area (Å²) in [6.07, 6.45) is 0. The third-order valence-electron chi connectivity index (χ3n) is 0.159. The molecule has 2 nitrogen and oxygen atoms in total. The number of alkyl halides is 2. The number of rotatable bonds is 1. The van der Waals surface area contributed by atoms with Gasteiger partial charge in [0.15, 0.2) is 10.7 Å². The molecule has 0 aromatic rings. The molecule has 0 saturated carbocycles. The molecular formula is CH2ClFO2S. The van der Waals surface area contributed by atoms with Crippen LogP contribution in [0.2, 0.25) is 0 Å². The summed E-state index contributed by atoms with van der Waals surface area (Å²) in [7, 11) is -3.06. The molecule has 0 radical (unpaired) electrons. The van der Waals surface area contributed by atoms with E-state index in [1.165, 1.54) is 0 Å². The number of hydrogen-bond acceptors (Lipinski definition) is 2. The summed E-state index contributed by atoms with van der Waals surface area (Å²) < 4.78 is 29.5. The summed E-state index contributed by atoms with van der Waals surface area (Å²) in [5.41, 5.74) is 0. The Morgan fingerprint density at radius 3 is 1.83 bits per heavy atom. The molecule has 0 aliphatic rings. The maximum absolute atomic E-state index is 11.0. The van der Waals surface area contributed by atoms with E-state index in [1.54, 1.807) is 0 Å². The Morgan fingerprint density at radius 2 is 1.83 bits per heavy atom. The van der Waals surface area contributed by atoms with Gasteiger partial charge in [0, 0.05) is 0 Å². The van der Waals surface area contributed by atoms with Gasteiger partial charge in [0.05, 0.1) is 0 Å². The molecule has 38 valence electrons. The first-order valence-corrected chi connectivity index (χ1v) is 2.74. The zero-order chi connectivity index (χ0) is 5.15. The van der Waals surface area contributed by atoms with Crippen LogP contribution >= 0.6 is 11.6 Å². The van der Waals surface area contributed by atoms with Crippen LogP contribution in [0.3, 0.4) is 0 Å². The molecule has 0 saturated heterocycles. The van der Waals surface area contributed by atoms with Crippen molar-refractivity contribution in [1.29, 1.82) is 0 Å². The Labute approximate surface area is 40.9 Å². The van der Waals surface area contributed by atoms with Crippen molar-refractivity contribution in [3.8, 4) is 0 Å². The van der Waals surface area contributed by atoms with E-state index in [-0.39, 0.29) is 0 Å². The van der Waals surface area contributed by atoms with Gasteiger partial charge in [-0.25, -0.2) is 12.8 Å². The topological polar surface area (TPSA) is 34.1 Å². The van der Waals surface area contributed by atoms with Gasteiger partial charge in [-0.15, -0.1) is 0 Å². The Balaban J connectivity index is 3.57. The summed E-state index contributed by atoms with van der Waals surface area (Å²) >= 11 is 4.35. The van der Waals surface area contributed by atoms with Crippen LogP contribution in [0.1, 0.15) is 0 Å². The van der Waals surface area contributed by atoms with Gasteiger partial charge in [-0.2, -0.15) is 0 Å². The van der Waals surface area contributed by atoms with Gasteiger partial charge in [0.1, 0.15) is 0 Å². The lowest BCUT2D eigenvalue weighted by Gasteiger charge is -1.75. The maximum atomic E-state index is 11.0. The summed E-state index contributed by atoms with van der Waals surface area (Å²) in [6, 6.07) is 0. The molecular weight excluding hydrogens is 131 g/mol. The van der Waals surface area contributed by atoms with Gasteiger partial charge >= 0.3 is 0 Å². The first-order chi connectivity index (χ1) is 2.64. The third-order valence-corrected chi connectivity index (χ3v) is 0.956. The minimum atomic E-state index is -3.06. The molecule has 0 aliphatic carbocycles. The van der Waals surface area contributed by atoms with E-state index in [0.717, 1.165) is 0 Å². The van der Waals surface area contributed by atoms with Crippen LogP contribution in [-0.4, -0.2) is 13.4 Å². The van der Waals surface area contributed by atoms with E-state index in [1.807, 2.05) is 0 Å². The van der Waals surface area contributed by atoms with Crippen molar-refractivity contribution in [3.05, 3.63) is 0 Å². The smallest absolute Gasteiger partial charge is 0.228 e. The summed E-state index contributed by atoms with van der Waals surface area (Å²) in [6.45, 7) is 0. The summed E-state index contributed by atoms with van der Waals surface area (Å²) in [4.78, 5) is -2.22. The molecule has 1 unspecified atom stereocenters. The van der Waals surface area contributed by atoms with Gasteiger partial charge in [0.2, 0.25) is 0 Å². The first kappa shape index (κ1) is 6.17. The quantitative estimate of drug-likeness (QED) is 0.405. The Bertz CT molecular complexity index is 89.7. The van der Waals surface area contributed by atoms with Gasteiger partial charge in [0.25, 0.3) is 4.96 Å². The molecule has 6 heavy (non-hydrogen) atoms. The van der Waals surface area contributed by atoms with Gasteiger partial charge in [-0.1, -0.05) is 11.6 Å². The molecule has 0 bridgehead atoms. The van der Waals surface area contributed by atoms with Gasteiger partial charge in [-0.05, 0) is 0 Å². The van der Waals surface area contributed by atoms with E-state index in [2.05, 4.69) is 11.6 Å². The lowest BCUT2D eigenvalue weighted by Crippen LogP contribution is -1.86. The zero-order valence-corrected chi connectivity index (χ0v) is 4.25. The third kappa shape index (κ3) is 2.41. The molecule has 0 N–H and O–H groups in total. The second-order valence-electron chi connectivity index (χ2n) is 0.563. The van der Waals surface area contributed by atoms with Crippen molar-refractivity contribution >= 4 is 22.3 Å². The average molecular weight is 133 g/mol. The fraction of sp³-hybridized carbons (Fsp3) is 1.00. The molecule has 0 amide bonds. The Hall–Kier alpha value is 0.170. The Morgan fingerprint density at radius 1 is 1.67 bits per heavy atom. The van der Waals surface area contributed by atoms with E-state index >= 15 is 0 Å². The highest BCUT2D eigenvalue weighted by Gasteiger charge is 1.97. The molecule has 0 rings (SSSR count). The fourth-order valence-electron chi connectivity index (χ4n) is 0. The molecule has 0 aromatic heterocycles. The van der Waals surface area contributed by atoms with Crippen LogP contribution in [0.5, 0.6) is 0 Å². The van der Waals surface area contributed by atoms with Crippen LogP contribution in [0.4, 0.5) is 4.39 Å². The van der Waals surface area contributed by atoms with Crippen molar-refractivity contribution in [1.82, 2.24) is 0 Å². The molecule has 0 aromatic carbocycles. The molecule has 0 heterocycles. The minimum Gasteiger partial charge on any atom is -0.228 e. The number of hydrogen-bond donors (Lipinski definition) is 1. The highest BCUT2D eigenvalue weighted by atomic mass is 35.5. The van der Waals surface area contributed by atoms with Gasteiger partial charge in [-0.3, -0.25) is 0 Å². The summed E-state index contributed by atoms with van der Waals surface area (Å²) in [5, 5.41) is 0. The van der Waals surface area contributed by atoms with Gasteiger partial charge < -0.3 is 0 Å². The SMILES string of the molecule is O=[SH](=O)C(F)Cl. The van der Waals surface area contributed by atoms with Crippen molar-refractivity contribution in [2.45, 2.75) is 4.96 Å². The van der Waals surface area contributed by atoms with E-state index in [0.29, 0.717) is 0 Å². The molecule has 5 heteroatoms. The second kappa shape index (κ2) is 2.36. The molecule has 1 atom stereocenters. The monoisotopic (exact) mass is 132 g/mol. The average Bonchev–Trinajstić information content (AvgIpc) is 1.36. The van der Waals surface area contributed by atoms with E-state index in [9.17, 15) is 12.8 Å². The standard InChI is InChI=1S/CH2ClFO2S/c2-1(3)6(4)5/h1,6H. The van der Waals surface area contributed by atoms with E-state index < -0.39 is 15.7 Å². The van der Waals surface area contributed by atoms with E-state index in [4.69, 9.17) is 0 Å². The van der Waals surface area contributed by atoms with Crippen LogP contribution < -0.4 is 0 Å². The lowest BCUT2D eigenvalue weighted by atomic mass is 11.8. The zero-order valence-electron chi connectivity index (χ0n) is 2.60. The highest BCUT2D eigenvalue weighted by Crippen LogP contribution is 1.93. The van der Waals surface area contributed by atoms with Crippen molar-refractivity contribution in [2.24, 2.45) is 0 Å². The molecule has 0 aliphatic heterocycles. The van der Waals surface area contributed by atoms with Crippen LogP contribution in [0.15, 0.2) is 0 Å². The predicted molar refractivity (Wildman–Crippen MR) is 21.1 cm³/mol. The highest BCUT2D eigenvalue weighted by molar-refractivity contribution is 7.74. The first-order valence-electron chi connectivity index (χ1n) is 1.06. The molecule has 0 spiro atoms. The van der Waals surface area contributed by atoms with Crippen molar-refractivity contribution in [3.63, 3.8) is 0 Å². The normalized spacial score (nSPS) is 15.2. The number of thiol groups is 1. The van der Waals surface area contributed by atoms with Crippen molar-refractivity contribution in [2.75, 3.05) is 0 Å². The maximum Gasteiger partial charge on any atom is 0.271 e. The number of halogens is 2. The van der Waals surface area contributed by atoms with Crippen molar-refractivity contribution < 1.29 is 12.8 Å². The minimum absolute atomic E-state index is 2.22. The van der Waals surface area contributed by atoms with Crippen LogP contribution in [-0.2, 0) is 10.7 Å².